The highest BCUT2D eigenvalue weighted by molar-refractivity contribution is 5.10. The molecule has 0 aliphatic carbocycles. The van der Waals surface area contributed by atoms with E-state index in [4.69, 9.17) is 4.74 Å². The highest BCUT2D eigenvalue weighted by atomic mass is 16.5. The van der Waals surface area contributed by atoms with Gasteiger partial charge in [-0.15, -0.1) is 0 Å². The molecule has 4 heteroatoms. The molecule has 0 aromatic carbocycles. The molecule has 2 aliphatic rings. The second kappa shape index (κ2) is 7.53. The maximum absolute atomic E-state index is 5.54. The lowest BCUT2D eigenvalue weighted by atomic mass is 9.97. The van der Waals surface area contributed by atoms with Crippen LogP contribution >= 0.6 is 0 Å². The van der Waals surface area contributed by atoms with Crippen molar-refractivity contribution in [3.63, 3.8) is 0 Å². The predicted octanol–water partition coefficient (Wildman–Crippen LogP) is 2.40. The topological polar surface area (TPSA) is 28.6 Å². The molecule has 0 N–H and O–H groups in total. The molecule has 0 spiro atoms. The molecule has 0 bridgehead atoms. The summed E-state index contributed by atoms with van der Waals surface area (Å²) >= 11 is 0. The summed E-state index contributed by atoms with van der Waals surface area (Å²) in [6, 6.07) is 5.70. The van der Waals surface area contributed by atoms with Gasteiger partial charge in [0.25, 0.3) is 0 Å². The molecule has 4 nitrogen and oxygen atoms in total. The second-order valence-electron chi connectivity index (χ2n) is 7.14. The number of hydrogen-bond donors (Lipinski definition) is 0. The van der Waals surface area contributed by atoms with Crippen molar-refractivity contribution in [1.82, 2.24) is 14.8 Å². The zero-order chi connectivity index (χ0) is 15.4. The van der Waals surface area contributed by atoms with Gasteiger partial charge in [-0.05, 0) is 36.5 Å². The highest BCUT2D eigenvalue weighted by Gasteiger charge is 2.36. The molecule has 122 valence electrons. The summed E-state index contributed by atoms with van der Waals surface area (Å²) < 4.78 is 5.54. The van der Waals surface area contributed by atoms with E-state index in [0.29, 0.717) is 0 Å². The first-order valence-corrected chi connectivity index (χ1v) is 8.67. The fourth-order valence-corrected chi connectivity index (χ4v) is 3.66. The maximum atomic E-state index is 5.54. The van der Waals surface area contributed by atoms with Gasteiger partial charge in [0.05, 0.1) is 0 Å². The van der Waals surface area contributed by atoms with Crippen LogP contribution in [0.15, 0.2) is 24.5 Å². The number of aromatic nitrogens is 1. The average Bonchev–Trinajstić information content (AvgIpc) is 2.50. The number of likely N-dealkylation sites (tertiary alicyclic amines) is 1. The van der Waals surface area contributed by atoms with Gasteiger partial charge in [-0.2, -0.15) is 0 Å². The van der Waals surface area contributed by atoms with Crippen LogP contribution in [0.1, 0.15) is 32.3 Å². The number of ether oxygens (including phenoxy) is 1. The van der Waals surface area contributed by atoms with Gasteiger partial charge in [-0.25, -0.2) is 0 Å². The summed E-state index contributed by atoms with van der Waals surface area (Å²) in [5.41, 5.74) is 1.37. The van der Waals surface area contributed by atoms with E-state index in [-0.39, 0.29) is 0 Å². The second-order valence-corrected chi connectivity index (χ2v) is 7.14. The van der Waals surface area contributed by atoms with Crippen LogP contribution in [0.25, 0.3) is 0 Å². The van der Waals surface area contributed by atoms with Gasteiger partial charge in [0.2, 0.25) is 0 Å². The van der Waals surface area contributed by atoms with Gasteiger partial charge >= 0.3 is 0 Å². The van der Waals surface area contributed by atoms with E-state index in [2.05, 4.69) is 40.8 Å². The third-order valence-corrected chi connectivity index (χ3v) is 4.80. The van der Waals surface area contributed by atoms with Crippen molar-refractivity contribution in [2.24, 2.45) is 5.92 Å². The van der Waals surface area contributed by atoms with Crippen LogP contribution in [0, 0.1) is 5.92 Å². The van der Waals surface area contributed by atoms with Crippen molar-refractivity contribution in [2.45, 2.75) is 45.3 Å². The fraction of sp³-hybridized carbons (Fsp3) is 0.722. The van der Waals surface area contributed by atoms with E-state index in [0.717, 1.165) is 37.8 Å². The summed E-state index contributed by atoms with van der Waals surface area (Å²) in [6.45, 7) is 11.2. The van der Waals surface area contributed by atoms with E-state index in [1.165, 1.54) is 38.0 Å². The minimum Gasteiger partial charge on any atom is -0.381 e. The molecule has 0 unspecified atom stereocenters. The molecule has 0 atom stereocenters. The van der Waals surface area contributed by atoms with Crippen LogP contribution in [-0.2, 0) is 11.3 Å². The van der Waals surface area contributed by atoms with E-state index in [1.54, 1.807) is 0 Å². The first kappa shape index (κ1) is 15.9. The van der Waals surface area contributed by atoms with Gasteiger partial charge in [-0.3, -0.25) is 14.8 Å². The van der Waals surface area contributed by atoms with E-state index >= 15 is 0 Å². The molecule has 2 aliphatic heterocycles. The minimum atomic E-state index is 0.726. The standard InChI is InChI=1S/C18H29N3O/c1-15(2)11-21(17-5-9-22-10-6-17)18-13-20(14-18)12-16-3-7-19-8-4-16/h3-4,7-8,15,17-18H,5-6,9-14H2,1-2H3. The van der Waals surface area contributed by atoms with Crippen molar-refractivity contribution in [1.29, 1.82) is 0 Å². The summed E-state index contributed by atoms with van der Waals surface area (Å²) in [5.74, 6) is 0.733. The Kier molecular flexibility index (Phi) is 5.45. The lowest BCUT2D eigenvalue weighted by molar-refractivity contribution is -0.0383. The molecule has 0 radical (unpaired) electrons. The SMILES string of the molecule is CC(C)CN(C1CCOCC1)C1CN(Cc2ccncc2)C1. The summed E-state index contributed by atoms with van der Waals surface area (Å²) in [5, 5.41) is 0. The van der Waals surface area contributed by atoms with Gasteiger partial charge in [-0.1, -0.05) is 13.8 Å². The van der Waals surface area contributed by atoms with E-state index < -0.39 is 0 Å². The Morgan fingerprint density at radius 1 is 1.18 bits per heavy atom. The largest absolute Gasteiger partial charge is 0.381 e. The molecule has 2 fully saturated rings. The predicted molar refractivity (Wildman–Crippen MR) is 88.7 cm³/mol. The van der Waals surface area contributed by atoms with Gasteiger partial charge in [0.15, 0.2) is 0 Å². The van der Waals surface area contributed by atoms with Crippen LogP contribution in [0.2, 0.25) is 0 Å². The van der Waals surface area contributed by atoms with Crippen molar-refractivity contribution < 1.29 is 4.74 Å². The maximum Gasteiger partial charge on any atom is 0.0480 e. The van der Waals surface area contributed by atoms with E-state index in [9.17, 15) is 0 Å². The molecule has 0 amide bonds. The Morgan fingerprint density at radius 3 is 2.50 bits per heavy atom. The lowest BCUT2D eigenvalue weighted by Gasteiger charge is -2.49. The summed E-state index contributed by atoms with van der Waals surface area (Å²) in [6.07, 6.45) is 6.18. The van der Waals surface area contributed by atoms with Crippen LogP contribution < -0.4 is 0 Å². The molecule has 3 heterocycles. The third kappa shape index (κ3) is 4.06. The molecule has 0 saturated carbocycles. The molecule has 1 aromatic rings. The number of nitrogens with zero attached hydrogens (tertiary/aromatic N) is 3. The Bertz CT molecular complexity index is 439. The third-order valence-electron chi connectivity index (χ3n) is 4.80. The zero-order valence-electron chi connectivity index (χ0n) is 13.9. The number of rotatable bonds is 6. The Balaban J connectivity index is 1.53. The quantitative estimate of drug-likeness (QED) is 0.807. The van der Waals surface area contributed by atoms with Crippen LogP contribution in [0.5, 0.6) is 0 Å². The summed E-state index contributed by atoms with van der Waals surface area (Å²) in [7, 11) is 0. The normalized spacial score (nSPS) is 21.5. The van der Waals surface area contributed by atoms with Crippen molar-refractivity contribution in [2.75, 3.05) is 32.8 Å². The van der Waals surface area contributed by atoms with Gasteiger partial charge < -0.3 is 4.74 Å². The fourth-order valence-electron chi connectivity index (χ4n) is 3.66. The Morgan fingerprint density at radius 2 is 1.86 bits per heavy atom. The average molecular weight is 303 g/mol. The van der Waals surface area contributed by atoms with E-state index in [1.807, 2.05) is 12.4 Å². The molecule has 22 heavy (non-hydrogen) atoms. The molecule has 3 rings (SSSR count). The van der Waals surface area contributed by atoms with Crippen molar-refractivity contribution >= 4 is 0 Å². The van der Waals surface area contributed by atoms with Gasteiger partial charge in [0.1, 0.15) is 0 Å². The molecule has 2 saturated heterocycles. The van der Waals surface area contributed by atoms with Gasteiger partial charge in [0, 0.05) is 63.9 Å². The number of hydrogen-bond acceptors (Lipinski definition) is 4. The Hall–Kier alpha value is -0.970. The van der Waals surface area contributed by atoms with Crippen LogP contribution in [0.4, 0.5) is 0 Å². The van der Waals surface area contributed by atoms with Crippen LogP contribution in [-0.4, -0.2) is 59.7 Å². The molecule has 1 aromatic heterocycles. The highest BCUT2D eigenvalue weighted by Crippen LogP contribution is 2.25. The molecular formula is C18H29N3O. The molecular weight excluding hydrogens is 274 g/mol. The lowest BCUT2D eigenvalue weighted by Crippen LogP contribution is -2.62. The number of pyridine rings is 1. The first-order chi connectivity index (χ1) is 10.7. The van der Waals surface area contributed by atoms with Crippen molar-refractivity contribution in [3.8, 4) is 0 Å². The minimum absolute atomic E-state index is 0.726. The summed E-state index contributed by atoms with van der Waals surface area (Å²) in [4.78, 5) is 9.42. The first-order valence-electron chi connectivity index (χ1n) is 8.67. The van der Waals surface area contributed by atoms with Crippen LogP contribution in [0.3, 0.4) is 0 Å². The zero-order valence-corrected chi connectivity index (χ0v) is 13.9. The Labute approximate surface area is 134 Å². The van der Waals surface area contributed by atoms with Crippen molar-refractivity contribution in [3.05, 3.63) is 30.1 Å². The monoisotopic (exact) mass is 303 g/mol. The smallest absolute Gasteiger partial charge is 0.0480 e.